The van der Waals surface area contributed by atoms with E-state index in [4.69, 9.17) is 18.9 Å². The standard InChI is InChI=1S/C29H40O11/c1-13-21(31)22(32)23(33)24(38-13)39-15-3-7-28-20-17(4-6-27(28,35)10-15)29(36)8-5-16(14-9-19(30)37-12-14)26(29,2)11-18(20)40-25(28)34/h9,13,15-18,20-24,31-33,35-36H,3-8,10-12H2,1-2H3/t13-,15-,16+,17+,18+,20+,21+,22+,23+,24-,26+,27-,28+,29-/m0/s1. The first-order valence-electron chi connectivity index (χ1n) is 14.7. The zero-order valence-electron chi connectivity index (χ0n) is 22.9. The van der Waals surface area contributed by atoms with Crippen molar-refractivity contribution in [2.75, 3.05) is 6.61 Å². The molecule has 6 fully saturated rings. The molecule has 0 amide bonds. The van der Waals surface area contributed by atoms with Crippen LogP contribution in [0.1, 0.15) is 65.2 Å². The first-order chi connectivity index (χ1) is 18.8. The highest BCUT2D eigenvalue weighted by Gasteiger charge is 2.79. The summed E-state index contributed by atoms with van der Waals surface area (Å²) in [5.74, 6) is -1.42. The van der Waals surface area contributed by atoms with Crippen molar-refractivity contribution in [2.45, 2.75) is 119 Å². The molecule has 3 heterocycles. The maximum Gasteiger partial charge on any atom is 0.331 e. The van der Waals surface area contributed by atoms with Crippen molar-refractivity contribution in [1.29, 1.82) is 0 Å². The Bertz CT molecular complexity index is 1140. The molecule has 14 atom stereocenters. The highest BCUT2D eigenvalue weighted by molar-refractivity contribution is 5.85. The van der Waals surface area contributed by atoms with Gasteiger partial charge in [-0.15, -0.1) is 0 Å². The lowest BCUT2D eigenvalue weighted by molar-refractivity contribution is -0.316. The van der Waals surface area contributed by atoms with E-state index in [1.165, 1.54) is 0 Å². The number of hydrogen-bond donors (Lipinski definition) is 5. The van der Waals surface area contributed by atoms with E-state index in [9.17, 15) is 35.1 Å². The molecule has 3 aliphatic heterocycles. The molecule has 0 aromatic heterocycles. The average molecular weight is 565 g/mol. The molecule has 40 heavy (non-hydrogen) atoms. The smallest absolute Gasteiger partial charge is 0.331 e. The molecule has 0 bridgehead atoms. The molecule has 2 saturated heterocycles. The Hall–Kier alpha value is -1.60. The number of ether oxygens (including phenoxy) is 4. The molecule has 11 nitrogen and oxygen atoms in total. The molecule has 0 radical (unpaired) electrons. The van der Waals surface area contributed by atoms with Gasteiger partial charge in [0.25, 0.3) is 0 Å². The number of aliphatic hydroxyl groups is 5. The van der Waals surface area contributed by atoms with E-state index in [-0.39, 0.29) is 43.2 Å². The lowest BCUT2D eigenvalue weighted by atomic mass is 9.41. The van der Waals surface area contributed by atoms with Crippen LogP contribution in [0, 0.1) is 28.6 Å². The van der Waals surface area contributed by atoms with Gasteiger partial charge >= 0.3 is 11.9 Å². The monoisotopic (exact) mass is 564 g/mol. The van der Waals surface area contributed by atoms with Gasteiger partial charge in [-0.1, -0.05) is 6.92 Å². The van der Waals surface area contributed by atoms with E-state index in [0.717, 1.165) is 12.0 Å². The van der Waals surface area contributed by atoms with Crippen molar-refractivity contribution < 1.29 is 54.1 Å². The Labute approximate surface area is 232 Å². The number of fused-ring (bicyclic) bond motifs is 2. The van der Waals surface area contributed by atoms with Crippen molar-refractivity contribution in [3.05, 3.63) is 11.6 Å². The van der Waals surface area contributed by atoms with Crippen LogP contribution in [0.2, 0.25) is 0 Å². The normalized spacial score (nSPS) is 57.0. The Morgan fingerprint density at radius 2 is 1.75 bits per heavy atom. The summed E-state index contributed by atoms with van der Waals surface area (Å²) >= 11 is 0. The molecule has 5 N–H and O–H groups in total. The third-order valence-corrected chi connectivity index (χ3v) is 12.2. The molecule has 1 spiro atoms. The summed E-state index contributed by atoms with van der Waals surface area (Å²) in [6.07, 6.45) is -2.16. The molecule has 4 saturated carbocycles. The Balaban J connectivity index is 1.16. The molecule has 7 aliphatic rings. The van der Waals surface area contributed by atoms with Gasteiger partial charge in [0.15, 0.2) is 6.29 Å². The molecule has 4 aliphatic carbocycles. The second-order valence-electron chi connectivity index (χ2n) is 13.8. The zero-order valence-corrected chi connectivity index (χ0v) is 22.9. The van der Waals surface area contributed by atoms with Gasteiger partial charge < -0.3 is 44.5 Å². The summed E-state index contributed by atoms with van der Waals surface area (Å²) in [5, 5.41) is 55.3. The Kier molecular flexibility index (Phi) is 5.94. The quantitative estimate of drug-likeness (QED) is 0.232. The molecular formula is C29H40O11. The largest absolute Gasteiger partial charge is 0.461 e. The minimum absolute atomic E-state index is 0.0525. The number of hydrogen-bond acceptors (Lipinski definition) is 11. The highest BCUT2D eigenvalue weighted by Crippen LogP contribution is 2.73. The number of esters is 2. The summed E-state index contributed by atoms with van der Waals surface area (Å²) in [6, 6.07) is 0. The third-order valence-electron chi connectivity index (χ3n) is 12.2. The van der Waals surface area contributed by atoms with Crippen LogP contribution in [0.5, 0.6) is 0 Å². The Morgan fingerprint density at radius 1 is 0.975 bits per heavy atom. The minimum Gasteiger partial charge on any atom is -0.461 e. The van der Waals surface area contributed by atoms with Gasteiger partial charge in [0, 0.05) is 23.8 Å². The van der Waals surface area contributed by atoms with Crippen LogP contribution in [0.4, 0.5) is 0 Å². The summed E-state index contributed by atoms with van der Waals surface area (Å²) in [4.78, 5) is 25.6. The van der Waals surface area contributed by atoms with Crippen molar-refractivity contribution >= 4 is 11.9 Å². The van der Waals surface area contributed by atoms with Gasteiger partial charge in [-0.2, -0.15) is 0 Å². The fourth-order valence-corrected chi connectivity index (χ4v) is 10.3. The maximum absolute atomic E-state index is 13.8. The number of rotatable bonds is 3. The fourth-order valence-electron chi connectivity index (χ4n) is 10.3. The lowest BCUT2D eigenvalue weighted by Crippen LogP contribution is -2.70. The van der Waals surface area contributed by atoms with Crippen LogP contribution in [0.25, 0.3) is 0 Å². The summed E-state index contributed by atoms with van der Waals surface area (Å²) < 4.78 is 23.0. The van der Waals surface area contributed by atoms with Crippen molar-refractivity contribution in [3.8, 4) is 0 Å². The van der Waals surface area contributed by atoms with Gasteiger partial charge in [-0.05, 0) is 69.3 Å². The predicted molar refractivity (Wildman–Crippen MR) is 134 cm³/mol. The predicted octanol–water partition coefficient (Wildman–Crippen LogP) is 0.0864. The maximum atomic E-state index is 13.8. The van der Waals surface area contributed by atoms with E-state index in [1.807, 2.05) is 0 Å². The van der Waals surface area contributed by atoms with Gasteiger partial charge in [0.05, 0.1) is 23.4 Å². The van der Waals surface area contributed by atoms with Crippen molar-refractivity contribution in [1.82, 2.24) is 0 Å². The number of carbonyl (C=O) groups excluding carboxylic acids is 2. The van der Waals surface area contributed by atoms with E-state index in [2.05, 4.69) is 6.92 Å². The van der Waals surface area contributed by atoms with Crippen LogP contribution in [0.3, 0.4) is 0 Å². The van der Waals surface area contributed by atoms with E-state index in [0.29, 0.717) is 32.1 Å². The van der Waals surface area contributed by atoms with Gasteiger partial charge in [0.2, 0.25) is 0 Å². The topological polar surface area (TPSA) is 172 Å². The SMILES string of the molecule is C[C@@H]1O[C@@H](O[C@H]2CC[C@@]34C(=O)O[C@@H]5C[C@]6(C)[C@@H](C7=CC(=O)OC7)CC[C@]6(O)[C@H](CC[C@]3(O)C2)[C@H]54)[C@H](O)[C@H](O)[C@@H]1O. The summed E-state index contributed by atoms with van der Waals surface area (Å²) in [5.41, 5.74) is -3.38. The molecule has 0 unspecified atom stereocenters. The molecular weight excluding hydrogens is 524 g/mol. The number of cyclic esters (lactones) is 1. The zero-order chi connectivity index (χ0) is 28.4. The molecule has 11 heteroatoms. The minimum atomic E-state index is -1.45. The first-order valence-corrected chi connectivity index (χ1v) is 14.7. The van der Waals surface area contributed by atoms with E-state index in [1.54, 1.807) is 13.0 Å². The van der Waals surface area contributed by atoms with Crippen LogP contribution in [-0.4, -0.2) is 98.2 Å². The van der Waals surface area contributed by atoms with E-state index >= 15 is 0 Å². The average Bonchev–Trinajstić information content (AvgIpc) is 3.53. The van der Waals surface area contributed by atoms with Crippen LogP contribution < -0.4 is 0 Å². The first kappa shape index (κ1) is 27.2. The summed E-state index contributed by atoms with van der Waals surface area (Å²) in [7, 11) is 0. The molecule has 7 rings (SSSR count). The molecule has 0 aromatic carbocycles. The molecule has 0 aromatic rings. The van der Waals surface area contributed by atoms with Crippen LogP contribution in [0.15, 0.2) is 11.6 Å². The van der Waals surface area contributed by atoms with E-state index < -0.39 is 70.9 Å². The lowest BCUT2D eigenvalue weighted by Gasteiger charge is -2.63. The van der Waals surface area contributed by atoms with Gasteiger partial charge in [-0.3, -0.25) is 4.79 Å². The second-order valence-corrected chi connectivity index (χ2v) is 13.8. The van der Waals surface area contributed by atoms with Crippen molar-refractivity contribution in [3.63, 3.8) is 0 Å². The summed E-state index contributed by atoms with van der Waals surface area (Å²) in [6.45, 7) is 3.86. The fraction of sp³-hybridized carbons (Fsp3) is 0.862. The van der Waals surface area contributed by atoms with Gasteiger partial charge in [-0.25, -0.2) is 4.79 Å². The van der Waals surface area contributed by atoms with Crippen LogP contribution in [-0.2, 0) is 28.5 Å². The third kappa shape index (κ3) is 3.31. The molecule has 222 valence electrons. The Morgan fingerprint density at radius 3 is 2.48 bits per heavy atom. The van der Waals surface area contributed by atoms with Crippen molar-refractivity contribution in [2.24, 2.45) is 28.6 Å². The highest BCUT2D eigenvalue weighted by atomic mass is 16.7. The number of aliphatic hydroxyl groups excluding tert-OH is 3. The second kappa shape index (κ2) is 8.72. The van der Waals surface area contributed by atoms with Gasteiger partial charge in [0.1, 0.15) is 36.4 Å². The van der Waals surface area contributed by atoms with Crippen LogP contribution >= 0.6 is 0 Å². The number of carbonyl (C=O) groups is 2.